The van der Waals surface area contributed by atoms with Crippen molar-refractivity contribution in [2.75, 3.05) is 13.6 Å². The molecule has 1 amide bonds. The number of nitrogens with one attached hydrogen (secondary N) is 2. The smallest absolute Gasteiger partial charge is 0.222 e. The van der Waals surface area contributed by atoms with E-state index in [1.807, 2.05) is 35.6 Å². The van der Waals surface area contributed by atoms with E-state index < -0.39 is 0 Å². The molecule has 0 radical (unpaired) electrons. The Labute approximate surface area is 262 Å². The number of rotatable bonds is 17. The van der Waals surface area contributed by atoms with Gasteiger partial charge < -0.3 is 10.6 Å². The number of nitrogens with zero attached hydrogens (tertiary/aromatic N) is 6. The molecular weight excluding hydrogens is 540 g/mol. The zero-order valence-corrected chi connectivity index (χ0v) is 28.3. The summed E-state index contributed by atoms with van der Waals surface area (Å²) in [5.74, 6) is 0.530. The highest BCUT2D eigenvalue weighted by molar-refractivity contribution is 5.83. The molecule has 0 fully saturated rings. The first kappa shape index (κ1) is 40.4. The van der Waals surface area contributed by atoms with Gasteiger partial charge in [-0.15, -0.1) is 10.2 Å². The van der Waals surface area contributed by atoms with E-state index in [2.05, 4.69) is 79.7 Å². The Balaban J connectivity index is 0.000000802. The number of carbonyl (C=O) groups is 2. The summed E-state index contributed by atoms with van der Waals surface area (Å²) in [5, 5.41) is 22.6. The van der Waals surface area contributed by atoms with Crippen molar-refractivity contribution >= 4 is 11.7 Å². The fourth-order valence-corrected chi connectivity index (χ4v) is 4.53. The van der Waals surface area contributed by atoms with Crippen LogP contribution < -0.4 is 10.6 Å². The van der Waals surface area contributed by atoms with Gasteiger partial charge in [0.15, 0.2) is 0 Å². The summed E-state index contributed by atoms with van der Waals surface area (Å²) >= 11 is 0. The molecule has 43 heavy (non-hydrogen) atoms. The molecule has 2 rings (SSSR count). The Hall–Kier alpha value is -2.62. The molecule has 0 saturated heterocycles. The highest BCUT2D eigenvalue weighted by Gasteiger charge is 2.17. The SMILES string of the molecule is C.CCC(=O)C(CC)NCCn1cc(CCC(C)(C)C)nn1.CCC(CCCn1nncc1CCC(C)(C)C)C(=O)NC. The Bertz CT molecular complexity index is 1030. The van der Waals surface area contributed by atoms with Gasteiger partial charge in [-0.1, -0.05) is 80.2 Å². The predicted molar refractivity (Wildman–Crippen MR) is 177 cm³/mol. The third-order valence-electron chi connectivity index (χ3n) is 7.46. The van der Waals surface area contributed by atoms with Crippen LogP contribution in [0.3, 0.4) is 0 Å². The summed E-state index contributed by atoms with van der Waals surface area (Å²) in [6, 6.07) is -0.0288. The topological polar surface area (TPSA) is 120 Å². The van der Waals surface area contributed by atoms with Crippen molar-refractivity contribution in [1.29, 1.82) is 0 Å². The first-order valence-electron chi connectivity index (χ1n) is 16.0. The Kier molecular flexibility index (Phi) is 19.1. The molecule has 248 valence electrons. The van der Waals surface area contributed by atoms with Gasteiger partial charge in [0.25, 0.3) is 0 Å². The lowest BCUT2D eigenvalue weighted by molar-refractivity contribution is -0.125. The number of carbonyl (C=O) groups excluding carboxylic acids is 2. The van der Waals surface area contributed by atoms with Crippen LogP contribution in [0.2, 0.25) is 0 Å². The van der Waals surface area contributed by atoms with Gasteiger partial charge in [0.05, 0.1) is 30.2 Å². The van der Waals surface area contributed by atoms with Crippen molar-refractivity contribution in [3.05, 3.63) is 23.8 Å². The molecule has 2 atom stereocenters. The largest absolute Gasteiger partial charge is 0.359 e. The van der Waals surface area contributed by atoms with Gasteiger partial charge in [-0.2, -0.15) is 0 Å². The fourth-order valence-electron chi connectivity index (χ4n) is 4.53. The number of aryl methyl sites for hydroxylation is 3. The van der Waals surface area contributed by atoms with Gasteiger partial charge >= 0.3 is 0 Å². The molecule has 0 bridgehead atoms. The summed E-state index contributed by atoms with van der Waals surface area (Å²) in [4.78, 5) is 23.3. The zero-order chi connectivity index (χ0) is 31.8. The summed E-state index contributed by atoms with van der Waals surface area (Å²) in [6.45, 7) is 21.8. The van der Waals surface area contributed by atoms with Crippen molar-refractivity contribution in [2.24, 2.45) is 16.7 Å². The minimum atomic E-state index is -0.0288. The summed E-state index contributed by atoms with van der Waals surface area (Å²) in [5.41, 5.74) is 2.88. The first-order valence-corrected chi connectivity index (χ1v) is 16.0. The molecule has 2 aromatic heterocycles. The summed E-state index contributed by atoms with van der Waals surface area (Å²) < 4.78 is 3.84. The quantitative estimate of drug-likeness (QED) is 0.226. The molecule has 0 spiro atoms. The number of amides is 1. The fraction of sp³-hybridized carbons (Fsp3) is 0.818. The molecule has 0 aliphatic carbocycles. The van der Waals surface area contributed by atoms with Gasteiger partial charge in [0.2, 0.25) is 5.91 Å². The van der Waals surface area contributed by atoms with E-state index in [0.717, 1.165) is 76.7 Å². The Morgan fingerprint density at radius 2 is 1.58 bits per heavy atom. The Morgan fingerprint density at radius 3 is 2.14 bits per heavy atom. The monoisotopic (exact) mass is 605 g/mol. The van der Waals surface area contributed by atoms with E-state index in [-0.39, 0.29) is 31.1 Å². The lowest BCUT2D eigenvalue weighted by atomic mass is 9.90. The molecule has 0 aliphatic heterocycles. The van der Waals surface area contributed by atoms with Crippen molar-refractivity contribution in [3.8, 4) is 0 Å². The number of ketones is 1. The zero-order valence-electron chi connectivity index (χ0n) is 28.3. The van der Waals surface area contributed by atoms with E-state index in [1.54, 1.807) is 7.05 Å². The molecular formula is C33H64N8O2. The van der Waals surface area contributed by atoms with Crippen LogP contribution in [0.4, 0.5) is 0 Å². The van der Waals surface area contributed by atoms with E-state index >= 15 is 0 Å². The second kappa shape index (κ2) is 20.4. The van der Waals surface area contributed by atoms with Gasteiger partial charge in [-0.3, -0.25) is 14.3 Å². The normalized spacial score (nSPS) is 13.0. The van der Waals surface area contributed by atoms with E-state index in [1.165, 1.54) is 5.69 Å². The van der Waals surface area contributed by atoms with Crippen LogP contribution in [0.15, 0.2) is 12.4 Å². The number of hydrogen-bond acceptors (Lipinski definition) is 7. The Morgan fingerprint density at radius 1 is 0.930 bits per heavy atom. The molecule has 10 heteroatoms. The summed E-state index contributed by atoms with van der Waals surface area (Å²) in [7, 11) is 1.70. The van der Waals surface area contributed by atoms with Gasteiger partial charge in [-0.25, -0.2) is 4.68 Å². The van der Waals surface area contributed by atoms with Crippen molar-refractivity contribution in [2.45, 2.75) is 147 Å². The number of aromatic nitrogens is 6. The minimum Gasteiger partial charge on any atom is -0.359 e. The number of hydrogen-bond donors (Lipinski definition) is 2. The van der Waals surface area contributed by atoms with Crippen LogP contribution in [0.5, 0.6) is 0 Å². The molecule has 2 N–H and O–H groups in total. The van der Waals surface area contributed by atoms with Crippen molar-refractivity contribution < 1.29 is 9.59 Å². The predicted octanol–water partition coefficient (Wildman–Crippen LogP) is 6.05. The van der Waals surface area contributed by atoms with Gasteiger partial charge in [0.1, 0.15) is 5.78 Å². The maximum atomic E-state index is 11.7. The second-order valence-electron chi connectivity index (χ2n) is 13.6. The third kappa shape index (κ3) is 17.3. The molecule has 0 aromatic carbocycles. The number of Topliss-reactive ketones (excluding diaryl/α,β-unsaturated/α-hetero) is 1. The summed E-state index contributed by atoms with van der Waals surface area (Å²) in [6.07, 6.45) is 12.2. The standard InChI is InChI=1S/2C16H30N4O.CH4/c1-6-13(15(21)17-5)8-7-11-20-14(12-18-19-20)9-10-16(2,3)4;1-6-14(15(21)7-2)17-10-11-20-12-13(18-19-20)8-9-16(3,4)5;/h12-13H,6-11H2,1-5H3,(H,17,21);12,14,17H,6-11H2,1-5H3;1H4. The molecule has 2 aromatic rings. The highest BCUT2D eigenvalue weighted by Crippen LogP contribution is 2.22. The molecule has 2 unspecified atom stereocenters. The average molecular weight is 605 g/mol. The van der Waals surface area contributed by atoms with Crippen LogP contribution in [-0.4, -0.2) is 61.3 Å². The van der Waals surface area contributed by atoms with E-state index in [0.29, 0.717) is 17.3 Å². The molecule has 2 heterocycles. The maximum absolute atomic E-state index is 11.7. The average Bonchev–Trinajstić information content (AvgIpc) is 3.59. The van der Waals surface area contributed by atoms with Crippen LogP contribution >= 0.6 is 0 Å². The minimum absolute atomic E-state index is 0. The van der Waals surface area contributed by atoms with Crippen LogP contribution in [0.1, 0.15) is 126 Å². The van der Waals surface area contributed by atoms with Crippen LogP contribution in [0.25, 0.3) is 0 Å². The lowest BCUT2D eigenvalue weighted by Gasteiger charge is -2.18. The lowest BCUT2D eigenvalue weighted by Crippen LogP contribution is -2.37. The maximum Gasteiger partial charge on any atom is 0.222 e. The second-order valence-corrected chi connectivity index (χ2v) is 13.6. The van der Waals surface area contributed by atoms with Crippen molar-refractivity contribution in [1.82, 2.24) is 40.6 Å². The van der Waals surface area contributed by atoms with Gasteiger partial charge in [0, 0.05) is 38.7 Å². The van der Waals surface area contributed by atoms with E-state index in [9.17, 15) is 9.59 Å². The molecule has 10 nitrogen and oxygen atoms in total. The van der Waals surface area contributed by atoms with Crippen molar-refractivity contribution in [3.63, 3.8) is 0 Å². The highest BCUT2D eigenvalue weighted by atomic mass is 16.1. The third-order valence-corrected chi connectivity index (χ3v) is 7.46. The van der Waals surface area contributed by atoms with Crippen LogP contribution in [0, 0.1) is 16.7 Å². The molecule has 0 saturated carbocycles. The van der Waals surface area contributed by atoms with Gasteiger partial charge in [-0.05, 0) is 62.2 Å². The van der Waals surface area contributed by atoms with Crippen LogP contribution in [-0.2, 0) is 35.5 Å². The van der Waals surface area contributed by atoms with E-state index in [4.69, 9.17) is 0 Å². The molecule has 0 aliphatic rings. The first-order chi connectivity index (χ1) is 19.7.